The van der Waals surface area contributed by atoms with Crippen LogP contribution in [-0.4, -0.2) is 20.2 Å². The largest absolute Gasteiger partial charge is 0.410 e. The summed E-state index contributed by atoms with van der Waals surface area (Å²) in [5.41, 5.74) is 1.97. The van der Waals surface area contributed by atoms with Crippen LogP contribution in [0.25, 0.3) is 21.7 Å². The Kier molecular flexibility index (Phi) is 4.75. The van der Waals surface area contributed by atoms with E-state index in [0.717, 1.165) is 23.6 Å². The summed E-state index contributed by atoms with van der Waals surface area (Å²) in [6.45, 7) is 4.26. The lowest BCUT2D eigenvalue weighted by molar-refractivity contribution is 0.465. The zero-order valence-corrected chi connectivity index (χ0v) is 17.8. The number of aryl methyl sites for hydroxylation is 1. The standard InChI is InChI=1S/C21H20N4O2S2/c1-11-7-8-16-13(9-11)10-17(29-16)20-24-25-21(27-20)28-12(2)18-22-15-6-4-3-5-14(15)19(26)23-18/h3-6,10-12H,7-9H2,1-2H3,(H,22,23,26)/t11-,12-/m0/s1. The maximum Gasteiger partial charge on any atom is 0.277 e. The van der Waals surface area contributed by atoms with E-state index in [0.29, 0.717) is 27.8 Å². The van der Waals surface area contributed by atoms with E-state index in [1.54, 1.807) is 17.4 Å². The summed E-state index contributed by atoms with van der Waals surface area (Å²) in [5, 5.41) is 9.38. The van der Waals surface area contributed by atoms with Crippen molar-refractivity contribution in [2.24, 2.45) is 5.92 Å². The molecule has 0 unspecified atom stereocenters. The molecule has 1 aliphatic rings. The van der Waals surface area contributed by atoms with E-state index in [1.165, 1.54) is 28.6 Å². The van der Waals surface area contributed by atoms with Crippen LogP contribution < -0.4 is 5.56 Å². The molecule has 3 aromatic heterocycles. The molecule has 0 radical (unpaired) electrons. The lowest BCUT2D eigenvalue weighted by Crippen LogP contribution is -2.12. The van der Waals surface area contributed by atoms with E-state index in [9.17, 15) is 4.79 Å². The maximum absolute atomic E-state index is 12.3. The molecule has 0 amide bonds. The van der Waals surface area contributed by atoms with Crippen molar-refractivity contribution < 1.29 is 4.42 Å². The molecule has 6 nitrogen and oxygen atoms in total. The molecule has 0 aliphatic heterocycles. The smallest absolute Gasteiger partial charge is 0.277 e. The third-order valence-electron chi connectivity index (χ3n) is 5.24. The number of aromatic nitrogens is 4. The van der Waals surface area contributed by atoms with Gasteiger partial charge in [-0.05, 0) is 55.9 Å². The second-order valence-electron chi connectivity index (χ2n) is 7.51. The fraction of sp³-hybridized carbons (Fsp3) is 0.333. The van der Waals surface area contributed by atoms with Crippen LogP contribution in [0.15, 0.2) is 44.8 Å². The van der Waals surface area contributed by atoms with E-state index < -0.39 is 0 Å². The molecular weight excluding hydrogens is 404 g/mol. The highest BCUT2D eigenvalue weighted by Crippen LogP contribution is 2.39. The van der Waals surface area contributed by atoms with Crippen LogP contribution in [0.5, 0.6) is 0 Å². The molecule has 29 heavy (non-hydrogen) atoms. The van der Waals surface area contributed by atoms with Gasteiger partial charge < -0.3 is 9.40 Å². The third-order valence-corrected chi connectivity index (χ3v) is 7.41. The number of thiophene rings is 1. The Hall–Kier alpha value is -2.45. The number of thioether (sulfide) groups is 1. The number of nitrogens with zero attached hydrogens (tertiary/aromatic N) is 3. The first kappa shape index (κ1) is 18.6. The number of para-hydroxylation sites is 1. The molecule has 0 saturated carbocycles. The van der Waals surface area contributed by atoms with Gasteiger partial charge in [0.25, 0.3) is 16.7 Å². The Bertz CT molecular complexity index is 1240. The van der Waals surface area contributed by atoms with Crippen molar-refractivity contribution in [1.82, 2.24) is 20.2 Å². The molecule has 4 aromatic rings. The summed E-state index contributed by atoms with van der Waals surface area (Å²) in [7, 11) is 0. The summed E-state index contributed by atoms with van der Waals surface area (Å²) < 4.78 is 5.92. The van der Waals surface area contributed by atoms with Crippen LogP contribution >= 0.6 is 23.1 Å². The minimum atomic E-state index is -0.136. The maximum atomic E-state index is 12.3. The van der Waals surface area contributed by atoms with E-state index >= 15 is 0 Å². The Morgan fingerprint density at radius 3 is 3.07 bits per heavy atom. The van der Waals surface area contributed by atoms with Crippen molar-refractivity contribution in [3.05, 3.63) is 57.0 Å². The van der Waals surface area contributed by atoms with E-state index in [1.807, 2.05) is 25.1 Å². The van der Waals surface area contributed by atoms with Crippen molar-refractivity contribution >= 4 is 34.0 Å². The number of H-pyrrole nitrogens is 1. The van der Waals surface area contributed by atoms with Gasteiger partial charge >= 0.3 is 0 Å². The van der Waals surface area contributed by atoms with Crippen molar-refractivity contribution in [1.29, 1.82) is 0 Å². The number of hydrogen-bond donors (Lipinski definition) is 1. The zero-order chi connectivity index (χ0) is 20.0. The van der Waals surface area contributed by atoms with Crippen LogP contribution in [-0.2, 0) is 12.8 Å². The summed E-state index contributed by atoms with van der Waals surface area (Å²) in [6, 6.07) is 9.52. The van der Waals surface area contributed by atoms with Gasteiger partial charge in [-0.25, -0.2) is 4.98 Å². The van der Waals surface area contributed by atoms with Gasteiger partial charge in [-0.1, -0.05) is 30.8 Å². The van der Waals surface area contributed by atoms with Crippen molar-refractivity contribution in [3.63, 3.8) is 0 Å². The van der Waals surface area contributed by atoms with Gasteiger partial charge in [0.2, 0.25) is 0 Å². The molecule has 0 saturated heterocycles. The Morgan fingerprint density at radius 1 is 1.31 bits per heavy atom. The number of aromatic amines is 1. The van der Waals surface area contributed by atoms with Gasteiger partial charge in [-0.2, -0.15) is 0 Å². The zero-order valence-electron chi connectivity index (χ0n) is 16.1. The van der Waals surface area contributed by atoms with Gasteiger partial charge in [0, 0.05) is 4.88 Å². The average Bonchev–Trinajstić information content (AvgIpc) is 3.34. The fourth-order valence-electron chi connectivity index (χ4n) is 3.67. The average molecular weight is 425 g/mol. The summed E-state index contributed by atoms with van der Waals surface area (Å²) in [6.07, 6.45) is 3.50. The molecule has 8 heteroatoms. The Morgan fingerprint density at radius 2 is 2.17 bits per heavy atom. The topological polar surface area (TPSA) is 84.7 Å². The normalized spacial score (nSPS) is 17.4. The summed E-state index contributed by atoms with van der Waals surface area (Å²) in [5.74, 6) is 1.89. The fourth-order valence-corrected chi connectivity index (χ4v) is 5.54. The first-order valence-corrected chi connectivity index (χ1v) is 11.4. The predicted molar refractivity (Wildman–Crippen MR) is 115 cm³/mol. The highest BCUT2D eigenvalue weighted by atomic mass is 32.2. The molecule has 148 valence electrons. The van der Waals surface area contributed by atoms with Crippen LogP contribution in [0.2, 0.25) is 0 Å². The SMILES string of the molecule is C[C@H]1CCc2sc(-c3nnc(S[C@@H](C)c4nc5ccccc5c(=O)[nH]4)o3)cc2C1. The minimum Gasteiger partial charge on any atom is -0.410 e. The second kappa shape index (κ2) is 7.42. The number of nitrogens with one attached hydrogen (secondary N) is 1. The van der Waals surface area contributed by atoms with Gasteiger partial charge in [0.05, 0.1) is 21.0 Å². The molecular formula is C21H20N4O2S2. The molecule has 0 bridgehead atoms. The highest BCUT2D eigenvalue weighted by molar-refractivity contribution is 7.99. The van der Waals surface area contributed by atoms with Gasteiger partial charge in [0.15, 0.2) is 0 Å². The molecule has 5 rings (SSSR count). The van der Waals surface area contributed by atoms with Crippen LogP contribution in [0.1, 0.15) is 41.8 Å². The number of hydrogen-bond acceptors (Lipinski definition) is 7. The summed E-state index contributed by atoms with van der Waals surface area (Å²) in [4.78, 5) is 22.2. The number of fused-ring (bicyclic) bond motifs is 2. The molecule has 1 aromatic carbocycles. The molecule has 1 N–H and O–H groups in total. The van der Waals surface area contributed by atoms with Crippen molar-refractivity contribution in [2.45, 2.75) is 43.6 Å². The molecule has 0 spiro atoms. The molecule has 3 heterocycles. The van der Waals surface area contributed by atoms with E-state index in [-0.39, 0.29) is 10.8 Å². The monoisotopic (exact) mass is 424 g/mol. The first-order chi connectivity index (χ1) is 14.1. The van der Waals surface area contributed by atoms with Gasteiger partial charge in [0.1, 0.15) is 5.82 Å². The lowest BCUT2D eigenvalue weighted by Gasteiger charge is -2.16. The van der Waals surface area contributed by atoms with E-state index in [2.05, 4.69) is 33.2 Å². The van der Waals surface area contributed by atoms with E-state index in [4.69, 9.17) is 4.42 Å². The Labute approximate surface area is 175 Å². The minimum absolute atomic E-state index is 0.127. The highest BCUT2D eigenvalue weighted by Gasteiger charge is 2.22. The number of rotatable bonds is 4. The first-order valence-electron chi connectivity index (χ1n) is 9.68. The molecule has 1 aliphatic carbocycles. The predicted octanol–water partition coefficient (Wildman–Crippen LogP) is 5.01. The van der Waals surface area contributed by atoms with Crippen LogP contribution in [0.3, 0.4) is 0 Å². The van der Waals surface area contributed by atoms with Crippen molar-refractivity contribution in [2.75, 3.05) is 0 Å². The second-order valence-corrected chi connectivity index (χ2v) is 9.94. The quantitative estimate of drug-likeness (QED) is 0.464. The number of benzene rings is 1. The lowest BCUT2D eigenvalue weighted by atomic mass is 9.90. The molecule has 0 fully saturated rings. The molecule has 2 atom stereocenters. The van der Waals surface area contributed by atoms with Gasteiger partial charge in [-0.15, -0.1) is 21.5 Å². The van der Waals surface area contributed by atoms with Crippen LogP contribution in [0, 0.1) is 5.92 Å². The third kappa shape index (κ3) is 3.62. The van der Waals surface area contributed by atoms with Gasteiger partial charge in [-0.3, -0.25) is 4.79 Å². The summed E-state index contributed by atoms with van der Waals surface area (Å²) >= 11 is 3.15. The Balaban J connectivity index is 1.37. The van der Waals surface area contributed by atoms with Crippen LogP contribution in [0.4, 0.5) is 0 Å². The van der Waals surface area contributed by atoms with Crippen molar-refractivity contribution in [3.8, 4) is 10.8 Å².